The second-order valence-corrected chi connectivity index (χ2v) is 11.5. The number of hydrogen-bond acceptors (Lipinski definition) is 4. The van der Waals surface area contributed by atoms with Gasteiger partial charge in [-0.1, -0.05) is 48.5 Å². The van der Waals surface area contributed by atoms with Crippen LogP contribution in [0.15, 0.2) is 146 Å². The summed E-state index contributed by atoms with van der Waals surface area (Å²) in [6, 6.07) is 44.5. The Balaban J connectivity index is 1.28. The Morgan fingerprint density at radius 2 is 1.29 bits per heavy atom. The molecule has 0 radical (unpaired) electrons. The van der Waals surface area contributed by atoms with Crippen molar-refractivity contribution in [3.63, 3.8) is 0 Å². The van der Waals surface area contributed by atoms with Gasteiger partial charge < -0.3 is 19.1 Å². The van der Waals surface area contributed by atoms with Gasteiger partial charge in [0.1, 0.15) is 17.3 Å². The molecule has 0 amide bonds. The minimum atomic E-state index is 0.775. The summed E-state index contributed by atoms with van der Waals surface area (Å²) in [7, 11) is 2.07. The van der Waals surface area contributed by atoms with E-state index >= 15 is 0 Å². The van der Waals surface area contributed by atoms with Gasteiger partial charge >= 0.3 is 0 Å². The van der Waals surface area contributed by atoms with Crippen molar-refractivity contribution in [3.05, 3.63) is 146 Å². The van der Waals surface area contributed by atoms with E-state index < -0.39 is 0 Å². The minimum absolute atomic E-state index is 0.775. The van der Waals surface area contributed by atoms with Gasteiger partial charge in [-0.15, -0.1) is 0 Å². The molecule has 0 aliphatic carbocycles. The van der Waals surface area contributed by atoms with E-state index in [1.54, 1.807) is 0 Å². The molecule has 0 N–H and O–H groups in total. The van der Waals surface area contributed by atoms with Crippen LogP contribution in [0.25, 0.3) is 55.1 Å². The molecule has 0 bridgehead atoms. The molecule has 216 valence electrons. The van der Waals surface area contributed by atoms with Crippen molar-refractivity contribution in [1.29, 1.82) is 0 Å². The Morgan fingerprint density at radius 1 is 0.556 bits per heavy atom. The molecule has 4 heterocycles. The number of ether oxygens (including phenoxy) is 1. The van der Waals surface area contributed by atoms with Crippen molar-refractivity contribution in [2.75, 3.05) is 18.6 Å². The molecule has 0 saturated heterocycles. The standard InChI is InChI=1S/C39H29N5O/c1-41-22-23-42(26-41)28-12-9-13-29(24-28)45-30-17-18-32-36(25-30)44(37-16-7-8-21-40-37)35-20-19-34-38(39(32)35)31-14-5-6-15-33(31)43(34)27-10-3-2-4-11-27/h2-25H,26H2,1H3. The number of aromatic nitrogens is 3. The third-order valence-corrected chi connectivity index (χ3v) is 8.69. The highest BCUT2D eigenvalue weighted by atomic mass is 16.5. The van der Waals surface area contributed by atoms with Crippen LogP contribution >= 0.6 is 0 Å². The summed E-state index contributed by atoms with van der Waals surface area (Å²) in [5.41, 5.74) is 6.75. The molecular formula is C39H29N5O. The number of fused-ring (bicyclic) bond motifs is 7. The molecule has 45 heavy (non-hydrogen) atoms. The van der Waals surface area contributed by atoms with Crippen molar-refractivity contribution >= 4 is 49.3 Å². The Kier molecular flexibility index (Phi) is 5.68. The predicted molar refractivity (Wildman–Crippen MR) is 184 cm³/mol. The molecule has 0 spiro atoms. The summed E-state index contributed by atoms with van der Waals surface area (Å²) >= 11 is 0. The number of para-hydroxylation sites is 2. The Labute approximate surface area is 260 Å². The zero-order valence-corrected chi connectivity index (χ0v) is 24.7. The SMILES string of the molecule is CN1C=CN(c2cccc(Oc3ccc4c5c6c7ccccc7n(-c7ccccc7)c6ccc5n(-c5ccccn5)c4c3)c2)C1. The quantitative estimate of drug-likeness (QED) is 0.202. The third kappa shape index (κ3) is 4.07. The van der Waals surface area contributed by atoms with Crippen LogP contribution in [-0.4, -0.2) is 32.7 Å². The first-order valence-corrected chi connectivity index (χ1v) is 15.1. The summed E-state index contributed by atoms with van der Waals surface area (Å²) < 4.78 is 11.1. The van der Waals surface area contributed by atoms with Gasteiger partial charge in [0, 0.05) is 70.7 Å². The first-order chi connectivity index (χ1) is 22.2. The second kappa shape index (κ2) is 10.0. The van der Waals surface area contributed by atoms with E-state index in [0.29, 0.717) is 0 Å². The number of anilines is 1. The Hall–Kier alpha value is -6.01. The van der Waals surface area contributed by atoms with E-state index in [1.165, 1.54) is 27.2 Å². The summed E-state index contributed by atoms with van der Waals surface area (Å²) in [6.45, 7) is 0.814. The number of pyridine rings is 1. The summed E-state index contributed by atoms with van der Waals surface area (Å²) in [5, 5.41) is 4.82. The maximum Gasteiger partial charge on any atom is 0.137 e. The fourth-order valence-electron chi connectivity index (χ4n) is 6.76. The van der Waals surface area contributed by atoms with E-state index in [4.69, 9.17) is 9.72 Å². The molecule has 6 nitrogen and oxygen atoms in total. The van der Waals surface area contributed by atoms with E-state index in [0.717, 1.165) is 51.8 Å². The summed E-state index contributed by atoms with van der Waals surface area (Å²) in [4.78, 5) is 9.14. The number of hydrogen-bond donors (Lipinski definition) is 0. The second-order valence-electron chi connectivity index (χ2n) is 11.5. The monoisotopic (exact) mass is 583 g/mol. The zero-order chi connectivity index (χ0) is 29.9. The van der Waals surface area contributed by atoms with E-state index in [2.05, 4.69) is 142 Å². The average Bonchev–Trinajstić information content (AvgIpc) is 3.77. The first-order valence-electron chi connectivity index (χ1n) is 15.1. The van der Waals surface area contributed by atoms with Gasteiger partial charge in [0.15, 0.2) is 0 Å². The molecular weight excluding hydrogens is 554 g/mol. The smallest absolute Gasteiger partial charge is 0.137 e. The van der Waals surface area contributed by atoms with Crippen molar-refractivity contribution < 1.29 is 4.74 Å². The van der Waals surface area contributed by atoms with Crippen LogP contribution in [0.1, 0.15) is 0 Å². The van der Waals surface area contributed by atoms with Gasteiger partial charge in [-0.25, -0.2) is 4.98 Å². The number of benzene rings is 5. The van der Waals surface area contributed by atoms with Crippen molar-refractivity contribution in [1.82, 2.24) is 19.0 Å². The lowest BCUT2D eigenvalue weighted by Gasteiger charge is -2.19. The Morgan fingerprint density at radius 3 is 2.09 bits per heavy atom. The largest absolute Gasteiger partial charge is 0.457 e. The van der Waals surface area contributed by atoms with Crippen LogP contribution in [0, 0.1) is 0 Å². The predicted octanol–water partition coefficient (Wildman–Crippen LogP) is 9.25. The van der Waals surface area contributed by atoms with Crippen LogP contribution in [0.3, 0.4) is 0 Å². The van der Waals surface area contributed by atoms with Crippen LogP contribution in [0.2, 0.25) is 0 Å². The molecule has 0 unspecified atom stereocenters. The molecule has 0 fully saturated rings. The summed E-state index contributed by atoms with van der Waals surface area (Å²) in [5.74, 6) is 2.44. The highest BCUT2D eigenvalue weighted by Gasteiger charge is 2.21. The number of rotatable bonds is 5. The highest BCUT2D eigenvalue weighted by molar-refractivity contribution is 6.28. The summed E-state index contributed by atoms with van der Waals surface area (Å²) in [6.07, 6.45) is 6.01. The van der Waals surface area contributed by atoms with Gasteiger partial charge in [-0.05, 0) is 66.7 Å². The van der Waals surface area contributed by atoms with Crippen LogP contribution in [0.5, 0.6) is 11.5 Å². The van der Waals surface area contributed by atoms with Gasteiger partial charge in [-0.2, -0.15) is 0 Å². The van der Waals surface area contributed by atoms with Gasteiger partial charge in [0.05, 0.1) is 28.7 Å². The molecule has 3 aromatic heterocycles. The fraction of sp³-hybridized carbons (Fsp3) is 0.0513. The van der Waals surface area contributed by atoms with Crippen molar-refractivity contribution in [3.8, 4) is 23.0 Å². The molecule has 5 aromatic carbocycles. The van der Waals surface area contributed by atoms with Gasteiger partial charge in [0.25, 0.3) is 0 Å². The highest BCUT2D eigenvalue weighted by Crippen LogP contribution is 2.43. The van der Waals surface area contributed by atoms with E-state index in [1.807, 2.05) is 30.5 Å². The average molecular weight is 584 g/mol. The molecule has 1 aliphatic heterocycles. The fourth-order valence-corrected chi connectivity index (χ4v) is 6.76. The van der Waals surface area contributed by atoms with Crippen LogP contribution < -0.4 is 9.64 Å². The molecule has 9 rings (SSSR count). The lowest BCUT2D eigenvalue weighted by Crippen LogP contribution is -2.21. The lowest BCUT2D eigenvalue weighted by atomic mass is 10.1. The lowest BCUT2D eigenvalue weighted by molar-refractivity contribution is 0.481. The van der Waals surface area contributed by atoms with Gasteiger partial charge in [0.2, 0.25) is 0 Å². The number of nitrogens with zero attached hydrogens (tertiary/aromatic N) is 5. The molecule has 6 heteroatoms. The third-order valence-electron chi connectivity index (χ3n) is 8.69. The molecule has 0 saturated carbocycles. The van der Waals surface area contributed by atoms with Gasteiger partial charge in [-0.3, -0.25) is 4.57 Å². The van der Waals surface area contributed by atoms with Crippen molar-refractivity contribution in [2.24, 2.45) is 0 Å². The molecule has 8 aromatic rings. The zero-order valence-electron chi connectivity index (χ0n) is 24.7. The normalized spacial score (nSPS) is 13.2. The minimum Gasteiger partial charge on any atom is -0.457 e. The van der Waals surface area contributed by atoms with E-state index in [-0.39, 0.29) is 0 Å². The molecule has 1 aliphatic rings. The maximum atomic E-state index is 6.52. The topological polar surface area (TPSA) is 38.5 Å². The first kappa shape index (κ1) is 25.5. The van der Waals surface area contributed by atoms with Crippen LogP contribution in [0.4, 0.5) is 5.69 Å². The maximum absolute atomic E-state index is 6.52. The van der Waals surface area contributed by atoms with Crippen LogP contribution in [-0.2, 0) is 0 Å². The molecule has 0 atom stereocenters. The van der Waals surface area contributed by atoms with E-state index in [9.17, 15) is 0 Å². The Bertz CT molecular complexity index is 2410. The van der Waals surface area contributed by atoms with Crippen molar-refractivity contribution in [2.45, 2.75) is 0 Å².